The number of nitrogens with one attached hydrogen (secondary N) is 2. The van der Waals surface area contributed by atoms with Crippen LogP contribution in [0.2, 0.25) is 0 Å². The Morgan fingerprint density at radius 1 is 1.12 bits per heavy atom. The van der Waals surface area contributed by atoms with Crippen LogP contribution in [0.3, 0.4) is 0 Å². The third kappa shape index (κ3) is 5.91. The number of aromatic nitrogens is 1. The highest BCUT2D eigenvalue weighted by molar-refractivity contribution is 6.04. The number of carbonyl (C=O) groups is 2. The number of carbonyl (C=O) groups excluding carboxylic acids is 2. The van der Waals surface area contributed by atoms with Crippen molar-refractivity contribution in [1.29, 1.82) is 0 Å². The van der Waals surface area contributed by atoms with E-state index in [9.17, 15) is 9.59 Å². The molecule has 0 aliphatic heterocycles. The van der Waals surface area contributed by atoms with Gasteiger partial charge in [0.05, 0.1) is 5.56 Å². The summed E-state index contributed by atoms with van der Waals surface area (Å²) in [7, 11) is 1.93. The number of nitrogens with zero attached hydrogens (tertiary/aromatic N) is 2. The molecule has 2 N–H and O–H groups in total. The topological polar surface area (TPSA) is 74.3 Å². The third-order valence-corrected chi connectivity index (χ3v) is 3.75. The number of hydrogen-bond donors (Lipinski definition) is 2. The second-order valence-corrected chi connectivity index (χ2v) is 5.98. The number of hydrogen-bond acceptors (Lipinski definition) is 4. The van der Waals surface area contributed by atoms with E-state index in [1.807, 2.05) is 49.2 Å². The first-order valence-electron chi connectivity index (χ1n) is 8.25. The molecule has 1 aromatic carbocycles. The van der Waals surface area contributed by atoms with Gasteiger partial charge in [0.25, 0.3) is 5.91 Å². The fourth-order valence-corrected chi connectivity index (χ4v) is 2.28. The Hall–Kier alpha value is -2.89. The van der Waals surface area contributed by atoms with E-state index in [1.54, 1.807) is 12.3 Å². The van der Waals surface area contributed by atoms with E-state index < -0.39 is 0 Å². The Bertz CT molecular complexity index is 711. The van der Waals surface area contributed by atoms with E-state index in [0.717, 1.165) is 30.0 Å². The average molecular weight is 340 g/mol. The fourth-order valence-electron chi connectivity index (χ4n) is 2.28. The summed E-state index contributed by atoms with van der Waals surface area (Å²) in [5.74, 6) is 0.579. The minimum absolute atomic E-state index is 0.0234. The van der Waals surface area contributed by atoms with Crippen molar-refractivity contribution in [2.24, 2.45) is 0 Å². The Balaban J connectivity index is 1.88. The van der Waals surface area contributed by atoms with Crippen LogP contribution in [0.1, 0.15) is 29.3 Å². The fraction of sp³-hybridized carbons (Fsp3) is 0.316. The van der Waals surface area contributed by atoms with Crippen LogP contribution in [0.15, 0.2) is 42.6 Å². The molecule has 6 nitrogen and oxygen atoms in total. The molecule has 0 aliphatic carbocycles. The lowest BCUT2D eigenvalue weighted by Crippen LogP contribution is -2.26. The van der Waals surface area contributed by atoms with Gasteiger partial charge in [-0.2, -0.15) is 0 Å². The van der Waals surface area contributed by atoms with E-state index >= 15 is 0 Å². The van der Waals surface area contributed by atoms with Gasteiger partial charge in [0.1, 0.15) is 5.82 Å². The second kappa shape index (κ2) is 8.82. The van der Waals surface area contributed by atoms with Crippen molar-refractivity contribution in [3.05, 3.63) is 53.7 Å². The molecule has 0 radical (unpaired) electrons. The van der Waals surface area contributed by atoms with Gasteiger partial charge >= 0.3 is 0 Å². The predicted molar refractivity (Wildman–Crippen MR) is 99.9 cm³/mol. The Morgan fingerprint density at radius 3 is 2.44 bits per heavy atom. The molecule has 132 valence electrons. The van der Waals surface area contributed by atoms with Crippen molar-refractivity contribution >= 4 is 23.3 Å². The SMILES string of the molecule is CC(=O)NCCCN(C)c1ccc(C(=O)Nc2ccc(C)cc2)cn1. The van der Waals surface area contributed by atoms with Gasteiger partial charge in [-0.15, -0.1) is 0 Å². The van der Waals surface area contributed by atoms with Crippen LogP contribution in [0, 0.1) is 6.92 Å². The molecule has 0 spiro atoms. The van der Waals surface area contributed by atoms with Crippen LogP contribution in [0.25, 0.3) is 0 Å². The van der Waals surface area contributed by atoms with E-state index in [1.165, 1.54) is 6.92 Å². The monoisotopic (exact) mass is 340 g/mol. The Morgan fingerprint density at radius 2 is 1.84 bits per heavy atom. The molecule has 0 fully saturated rings. The molecule has 6 heteroatoms. The van der Waals surface area contributed by atoms with Crippen molar-refractivity contribution < 1.29 is 9.59 Å². The summed E-state index contributed by atoms with van der Waals surface area (Å²) in [4.78, 5) is 29.4. The van der Waals surface area contributed by atoms with Gasteiger partial charge in [-0.05, 0) is 37.6 Å². The smallest absolute Gasteiger partial charge is 0.257 e. The summed E-state index contributed by atoms with van der Waals surface area (Å²) in [6.45, 7) is 4.91. The lowest BCUT2D eigenvalue weighted by molar-refractivity contribution is -0.118. The van der Waals surface area contributed by atoms with Gasteiger partial charge in [0.15, 0.2) is 0 Å². The molecular formula is C19H24N4O2. The number of pyridine rings is 1. The molecule has 1 aromatic heterocycles. The zero-order chi connectivity index (χ0) is 18.2. The van der Waals surface area contributed by atoms with Crippen molar-refractivity contribution in [2.75, 3.05) is 30.4 Å². The quantitative estimate of drug-likeness (QED) is 0.760. The molecular weight excluding hydrogens is 316 g/mol. The van der Waals surface area contributed by atoms with E-state index in [2.05, 4.69) is 15.6 Å². The van der Waals surface area contributed by atoms with Gasteiger partial charge < -0.3 is 15.5 Å². The van der Waals surface area contributed by atoms with Crippen LogP contribution in [-0.4, -0.2) is 36.9 Å². The van der Waals surface area contributed by atoms with E-state index in [4.69, 9.17) is 0 Å². The molecule has 2 amide bonds. The number of amides is 2. The highest BCUT2D eigenvalue weighted by atomic mass is 16.2. The molecule has 2 aromatic rings. The zero-order valence-electron chi connectivity index (χ0n) is 14.9. The molecule has 0 aliphatic rings. The van der Waals surface area contributed by atoms with Crippen LogP contribution in [-0.2, 0) is 4.79 Å². The minimum atomic E-state index is -0.184. The minimum Gasteiger partial charge on any atom is -0.360 e. The van der Waals surface area contributed by atoms with Gasteiger partial charge in [-0.3, -0.25) is 9.59 Å². The predicted octanol–water partition coefficient (Wildman–Crippen LogP) is 2.60. The molecule has 0 bridgehead atoms. The normalized spacial score (nSPS) is 10.2. The standard InChI is InChI=1S/C19H24N4O2/c1-14-5-8-17(9-6-14)22-19(25)16-7-10-18(21-13-16)23(3)12-4-11-20-15(2)24/h5-10,13H,4,11-12H2,1-3H3,(H,20,24)(H,22,25). The van der Waals surface area contributed by atoms with Crippen molar-refractivity contribution in [1.82, 2.24) is 10.3 Å². The maximum atomic E-state index is 12.2. The largest absolute Gasteiger partial charge is 0.360 e. The summed E-state index contributed by atoms with van der Waals surface area (Å²) in [5.41, 5.74) is 2.41. The van der Waals surface area contributed by atoms with Crippen LogP contribution in [0.4, 0.5) is 11.5 Å². The first-order valence-corrected chi connectivity index (χ1v) is 8.25. The highest BCUT2D eigenvalue weighted by Gasteiger charge is 2.08. The van der Waals surface area contributed by atoms with Gasteiger partial charge in [-0.25, -0.2) is 4.98 Å². The number of rotatable bonds is 7. The maximum Gasteiger partial charge on any atom is 0.257 e. The van der Waals surface area contributed by atoms with Crippen LogP contribution >= 0.6 is 0 Å². The molecule has 25 heavy (non-hydrogen) atoms. The Labute approximate surface area is 148 Å². The number of aryl methyl sites for hydroxylation is 1. The second-order valence-electron chi connectivity index (χ2n) is 5.98. The highest BCUT2D eigenvalue weighted by Crippen LogP contribution is 2.13. The van der Waals surface area contributed by atoms with E-state index in [0.29, 0.717) is 12.1 Å². The van der Waals surface area contributed by atoms with E-state index in [-0.39, 0.29) is 11.8 Å². The summed E-state index contributed by atoms with van der Waals surface area (Å²) in [5, 5.41) is 5.62. The molecule has 0 unspecified atom stereocenters. The number of benzene rings is 1. The Kier molecular flexibility index (Phi) is 6.51. The van der Waals surface area contributed by atoms with Gasteiger partial charge in [0, 0.05) is 38.9 Å². The van der Waals surface area contributed by atoms with Crippen LogP contribution < -0.4 is 15.5 Å². The summed E-state index contributed by atoms with van der Waals surface area (Å²) >= 11 is 0. The number of anilines is 2. The molecule has 1 heterocycles. The van der Waals surface area contributed by atoms with Crippen LogP contribution in [0.5, 0.6) is 0 Å². The third-order valence-electron chi connectivity index (χ3n) is 3.75. The van der Waals surface area contributed by atoms with Crippen molar-refractivity contribution in [3.63, 3.8) is 0 Å². The average Bonchev–Trinajstić information content (AvgIpc) is 2.60. The lowest BCUT2D eigenvalue weighted by Gasteiger charge is -2.18. The summed E-state index contributed by atoms with van der Waals surface area (Å²) < 4.78 is 0. The van der Waals surface area contributed by atoms with Gasteiger partial charge in [-0.1, -0.05) is 17.7 Å². The zero-order valence-corrected chi connectivity index (χ0v) is 14.9. The maximum absolute atomic E-state index is 12.2. The molecule has 2 rings (SSSR count). The summed E-state index contributed by atoms with van der Waals surface area (Å²) in [6, 6.07) is 11.2. The summed E-state index contributed by atoms with van der Waals surface area (Å²) in [6.07, 6.45) is 2.40. The first-order chi connectivity index (χ1) is 12.0. The van der Waals surface area contributed by atoms with Crippen molar-refractivity contribution in [3.8, 4) is 0 Å². The molecule has 0 atom stereocenters. The molecule has 0 saturated carbocycles. The first kappa shape index (κ1) is 18.4. The molecule has 0 saturated heterocycles. The lowest BCUT2D eigenvalue weighted by atomic mass is 10.2. The van der Waals surface area contributed by atoms with Gasteiger partial charge in [0.2, 0.25) is 5.91 Å². The van der Waals surface area contributed by atoms with Crippen molar-refractivity contribution in [2.45, 2.75) is 20.3 Å².